The molecule has 0 bridgehead atoms. The summed E-state index contributed by atoms with van der Waals surface area (Å²) in [6.07, 6.45) is 3.16. The van der Waals surface area contributed by atoms with E-state index < -0.39 is 0 Å². The number of anilines is 1. The van der Waals surface area contributed by atoms with Crippen molar-refractivity contribution < 1.29 is 18.7 Å². The summed E-state index contributed by atoms with van der Waals surface area (Å²) in [6.45, 7) is 5.80. The first-order chi connectivity index (χ1) is 14.4. The number of amides is 1. The van der Waals surface area contributed by atoms with Crippen molar-refractivity contribution in [3.63, 3.8) is 0 Å². The van der Waals surface area contributed by atoms with E-state index in [9.17, 15) is 9.18 Å². The summed E-state index contributed by atoms with van der Waals surface area (Å²) in [5, 5.41) is 3.26. The molecule has 5 nitrogen and oxygen atoms in total. The lowest BCUT2D eigenvalue weighted by Crippen LogP contribution is -2.07. The highest BCUT2D eigenvalue weighted by molar-refractivity contribution is 7.16. The van der Waals surface area contributed by atoms with Crippen LogP contribution in [-0.4, -0.2) is 24.1 Å². The molecule has 0 atom stereocenters. The zero-order chi connectivity index (χ0) is 21.7. The van der Waals surface area contributed by atoms with Gasteiger partial charge in [0.25, 0.3) is 0 Å². The molecule has 3 rings (SSSR count). The highest BCUT2D eigenvalue weighted by Crippen LogP contribution is 2.31. The summed E-state index contributed by atoms with van der Waals surface area (Å²) in [5.74, 6) is 0.660. The molecule has 1 heterocycles. The van der Waals surface area contributed by atoms with Crippen LogP contribution in [0.3, 0.4) is 0 Å². The number of nitrogens with zero attached hydrogens (tertiary/aromatic N) is 1. The molecule has 2 aromatic carbocycles. The number of rotatable bonds is 7. The number of carbonyl (C=O) groups is 1. The van der Waals surface area contributed by atoms with Crippen molar-refractivity contribution in [2.24, 2.45) is 0 Å². The Hall–Kier alpha value is -3.19. The third-order valence-electron chi connectivity index (χ3n) is 4.12. The molecule has 0 aliphatic rings. The number of hydrogen-bond donors (Lipinski definition) is 1. The molecule has 1 amide bonds. The first-order valence-electron chi connectivity index (χ1n) is 9.43. The highest BCUT2D eigenvalue weighted by Gasteiger charge is 2.12. The van der Waals surface area contributed by atoms with Gasteiger partial charge in [-0.3, -0.25) is 10.1 Å². The van der Waals surface area contributed by atoms with Gasteiger partial charge in [0.1, 0.15) is 5.82 Å². The average Bonchev–Trinajstić information content (AvgIpc) is 3.07. The summed E-state index contributed by atoms with van der Waals surface area (Å²) in [6, 6.07) is 11.6. The van der Waals surface area contributed by atoms with E-state index in [4.69, 9.17) is 9.47 Å². The Bertz CT molecular complexity index is 1060. The van der Waals surface area contributed by atoms with Gasteiger partial charge in [0.05, 0.1) is 18.9 Å². The molecule has 3 aromatic rings. The Labute approximate surface area is 179 Å². The molecule has 0 saturated heterocycles. The van der Waals surface area contributed by atoms with E-state index in [-0.39, 0.29) is 17.8 Å². The van der Waals surface area contributed by atoms with Crippen molar-refractivity contribution in [2.75, 3.05) is 12.4 Å². The second kappa shape index (κ2) is 9.54. The van der Waals surface area contributed by atoms with Gasteiger partial charge < -0.3 is 9.47 Å². The van der Waals surface area contributed by atoms with Crippen LogP contribution in [0, 0.1) is 12.7 Å². The lowest BCUT2D eigenvalue weighted by atomic mass is 10.1. The molecule has 0 aliphatic carbocycles. The molecule has 0 fully saturated rings. The fourth-order valence-corrected chi connectivity index (χ4v) is 3.62. The number of aromatic nitrogens is 1. The second-order valence-electron chi connectivity index (χ2n) is 6.83. The molecule has 1 aromatic heterocycles. The van der Waals surface area contributed by atoms with E-state index in [1.807, 2.05) is 39.0 Å². The molecule has 7 heteroatoms. The number of benzene rings is 2. The third-order valence-corrected chi connectivity index (χ3v) is 5.01. The van der Waals surface area contributed by atoms with Gasteiger partial charge in [-0.25, -0.2) is 9.37 Å². The Morgan fingerprint density at radius 1 is 1.17 bits per heavy atom. The Kier molecular flexibility index (Phi) is 6.84. The number of thiazole rings is 1. The van der Waals surface area contributed by atoms with Crippen molar-refractivity contribution >= 4 is 28.5 Å². The lowest BCUT2D eigenvalue weighted by Gasteiger charge is -2.13. The molecular formula is C23H23FN2O3S. The normalized spacial score (nSPS) is 11.1. The van der Waals surface area contributed by atoms with Crippen molar-refractivity contribution in [2.45, 2.75) is 26.9 Å². The standard InChI is InChI=1S/C23H23FN2O3S/c1-14(2)29-19-11-5-16(13-20(19)28-4)6-12-21(27)25-23-26-22(15(3)30-23)17-7-9-18(24)10-8-17/h5-14H,1-4H3,(H,25,26,27)/b12-6+. The summed E-state index contributed by atoms with van der Waals surface area (Å²) in [7, 11) is 1.58. The van der Waals surface area contributed by atoms with Gasteiger partial charge >= 0.3 is 0 Å². The summed E-state index contributed by atoms with van der Waals surface area (Å²) in [5.41, 5.74) is 2.34. The van der Waals surface area contributed by atoms with Crippen molar-refractivity contribution in [3.05, 3.63) is 64.8 Å². The SMILES string of the molecule is COc1cc(/C=C/C(=O)Nc2nc(-c3ccc(F)cc3)c(C)s2)ccc1OC(C)C. The molecule has 0 saturated carbocycles. The number of carbonyl (C=O) groups excluding carboxylic acids is 1. The van der Waals surface area contributed by atoms with Gasteiger partial charge in [-0.15, -0.1) is 11.3 Å². The van der Waals surface area contributed by atoms with Gasteiger partial charge in [0.15, 0.2) is 16.6 Å². The maximum Gasteiger partial charge on any atom is 0.250 e. The lowest BCUT2D eigenvalue weighted by molar-refractivity contribution is -0.111. The van der Waals surface area contributed by atoms with E-state index in [0.29, 0.717) is 16.6 Å². The molecule has 0 radical (unpaired) electrons. The minimum atomic E-state index is -0.300. The number of halogens is 1. The minimum absolute atomic E-state index is 0.0348. The van der Waals surface area contributed by atoms with Crippen LogP contribution in [-0.2, 0) is 4.79 Å². The van der Waals surface area contributed by atoms with Crippen LogP contribution >= 0.6 is 11.3 Å². The molecule has 30 heavy (non-hydrogen) atoms. The highest BCUT2D eigenvalue weighted by atomic mass is 32.1. The number of nitrogens with one attached hydrogen (secondary N) is 1. The fraction of sp³-hybridized carbons (Fsp3) is 0.217. The Balaban J connectivity index is 1.69. The van der Waals surface area contributed by atoms with Crippen molar-refractivity contribution in [3.8, 4) is 22.8 Å². The largest absolute Gasteiger partial charge is 0.493 e. The molecule has 0 aliphatic heterocycles. The Morgan fingerprint density at radius 3 is 2.57 bits per heavy atom. The van der Waals surface area contributed by atoms with E-state index in [1.54, 1.807) is 25.3 Å². The number of aryl methyl sites for hydroxylation is 1. The summed E-state index contributed by atoms with van der Waals surface area (Å²) < 4.78 is 24.2. The van der Waals surface area contributed by atoms with E-state index in [2.05, 4.69) is 10.3 Å². The van der Waals surface area contributed by atoms with Gasteiger partial charge in [0, 0.05) is 16.5 Å². The average molecular weight is 427 g/mol. The Morgan fingerprint density at radius 2 is 1.90 bits per heavy atom. The van der Waals surface area contributed by atoms with Crippen LogP contribution in [0.15, 0.2) is 48.5 Å². The zero-order valence-electron chi connectivity index (χ0n) is 17.2. The van der Waals surface area contributed by atoms with E-state index >= 15 is 0 Å². The van der Waals surface area contributed by atoms with Gasteiger partial charge in [-0.1, -0.05) is 6.07 Å². The van der Waals surface area contributed by atoms with Crippen LogP contribution in [0.5, 0.6) is 11.5 Å². The molecule has 156 valence electrons. The number of methoxy groups -OCH3 is 1. The monoisotopic (exact) mass is 426 g/mol. The van der Waals surface area contributed by atoms with Gasteiger partial charge in [-0.05, 0) is 68.8 Å². The van der Waals surface area contributed by atoms with Crippen molar-refractivity contribution in [1.29, 1.82) is 0 Å². The maximum atomic E-state index is 13.1. The second-order valence-corrected chi connectivity index (χ2v) is 8.03. The predicted molar refractivity (Wildman–Crippen MR) is 119 cm³/mol. The number of hydrogen-bond acceptors (Lipinski definition) is 5. The molecule has 0 spiro atoms. The predicted octanol–water partition coefficient (Wildman–Crippen LogP) is 5.71. The van der Waals surface area contributed by atoms with Crippen LogP contribution in [0.1, 0.15) is 24.3 Å². The molecular weight excluding hydrogens is 403 g/mol. The molecule has 1 N–H and O–H groups in total. The topological polar surface area (TPSA) is 60.5 Å². The molecule has 0 unspecified atom stereocenters. The van der Waals surface area contributed by atoms with Crippen LogP contribution in [0.4, 0.5) is 9.52 Å². The zero-order valence-corrected chi connectivity index (χ0v) is 18.0. The van der Waals surface area contributed by atoms with Crippen LogP contribution in [0.25, 0.3) is 17.3 Å². The van der Waals surface area contributed by atoms with Gasteiger partial charge in [0.2, 0.25) is 5.91 Å². The summed E-state index contributed by atoms with van der Waals surface area (Å²) in [4.78, 5) is 17.7. The van der Waals surface area contributed by atoms with E-state index in [1.165, 1.54) is 29.5 Å². The maximum absolute atomic E-state index is 13.1. The minimum Gasteiger partial charge on any atom is -0.493 e. The van der Waals surface area contributed by atoms with Crippen LogP contribution < -0.4 is 14.8 Å². The number of ether oxygens (including phenoxy) is 2. The van der Waals surface area contributed by atoms with E-state index in [0.717, 1.165) is 21.7 Å². The quantitative estimate of drug-likeness (QED) is 0.492. The van der Waals surface area contributed by atoms with Crippen molar-refractivity contribution in [1.82, 2.24) is 4.98 Å². The first kappa shape index (κ1) is 21.5. The fourth-order valence-electron chi connectivity index (χ4n) is 2.78. The first-order valence-corrected chi connectivity index (χ1v) is 10.2. The summed E-state index contributed by atoms with van der Waals surface area (Å²) >= 11 is 1.37. The smallest absolute Gasteiger partial charge is 0.250 e. The van der Waals surface area contributed by atoms with Crippen LogP contribution in [0.2, 0.25) is 0 Å². The van der Waals surface area contributed by atoms with Gasteiger partial charge in [-0.2, -0.15) is 0 Å². The third kappa shape index (κ3) is 5.45.